The van der Waals surface area contributed by atoms with Gasteiger partial charge in [-0.05, 0) is 34.9 Å². The fraction of sp³-hybridized carbons (Fsp3) is 0.667. The van der Waals surface area contributed by atoms with E-state index < -0.39 is 0 Å². The van der Waals surface area contributed by atoms with Gasteiger partial charge in [0.1, 0.15) is 0 Å². The Hall–Kier alpha value is -1.36. The Kier molecular flexibility index (Phi) is 4.28. The number of aryl methyl sites for hydroxylation is 1. The number of anilines is 1. The predicted molar refractivity (Wildman–Crippen MR) is 70.4 cm³/mol. The van der Waals surface area contributed by atoms with Crippen LogP contribution in [-0.4, -0.2) is 40.6 Å². The number of rotatable bonds is 5. The van der Waals surface area contributed by atoms with Crippen LogP contribution in [0.1, 0.15) is 20.8 Å². The summed E-state index contributed by atoms with van der Waals surface area (Å²) in [6.45, 7) is 7.50. The molecule has 5 nitrogen and oxygen atoms in total. The van der Waals surface area contributed by atoms with Crippen LogP contribution in [-0.2, 0) is 6.54 Å². The van der Waals surface area contributed by atoms with E-state index in [0.29, 0.717) is 18.9 Å². The first-order valence-corrected chi connectivity index (χ1v) is 5.85. The highest BCUT2D eigenvalue weighted by Gasteiger charge is 2.20. The molecular weight excluding hydrogens is 216 g/mol. The van der Waals surface area contributed by atoms with Gasteiger partial charge in [-0.3, -0.25) is 4.79 Å². The number of hydrogen-bond acceptors (Lipinski definition) is 4. The van der Waals surface area contributed by atoms with Gasteiger partial charge in [-0.25, -0.2) is 4.98 Å². The maximum Gasteiger partial charge on any atom is 0.293 e. The molecule has 0 unspecified atom stereocenters. The van der Waals surface area contributed by atoms with Crippen molar-refractivity contribution in [2.45, 2.75) is 32.9 Å². The number of nitrogens with one attached hydrogen (secondary N) is 1. The molecule has 0 spiro atoms. The van der Waals surface area contributed by atoms with Gasteiger partial charge in [-0.15, -0.1) is 0 Å². The summed E-state index contributed by atoms with van der Waals surface area (Å²) in [6, 6.07) is 0. The first kappa shape index (κ1) is 13.7. The van der Waals surface area contributed by atoms with Gasteiger partial charge in [-0.1, -0.05) is 0 Å². The molecule has 1 heterocycles. The molecule has 0 saturated heterocycles. The van der Waals surface area contributed by atoms with Gasteiger partial charge in [0.05, 0.1) is 0 Å². The third-order valence-electron chi connectivity index (χ3n) is 3.15. The van der Waals surface area contributed by atoms with Gasteiger partial charge in [0.15, 0.2) is 5.82 Å². The molecule has 0 bridgehead atoms. The van der Waals surface area contributed by atoms with E-state index in [1.807, 2.05) is 21.0 Å². The summed E-state index contributed by atoms with van der Waals surface area (Å²) in [5, 5.41) is 3.12. The van der Waals surface area contributed by atoms with Crippen molar-refractivity contribution in [1.82, 2.24) is 14.5 Å². The molecule has 0 fully saturated rings. The number of aromatic nitrogens is 2. The number of hydrogen-bond donors (Lipinski definition) is 1. The van der Waals surface area contributed by atoms with Crippen molar-refractivity contribution in [3.05, 3.63) is 22.7 Å². The SMILES string of the molecule is CCn1ccnc(NCC(C)(C)N(C)C)c1=O. The Bertz CT molecular complexity index is 423. The first-order valence-electron chi connectivity index (χ1n) is 5.85. The molecule has 0 aliphatic heterocycles. The molecule has 0 atom stereocenters. The highest BCUT2D eigenvalue weighted by Crippen LogP contribution is 2.09. The molecule has 17 heavy (non-hydrogen) atoms. The maximum absolute atomic E-state index is 11.9. The number of likely N-dealkylation sites (N-methyl/N-ethyl adjacent to an activating group) is 1. The van der Waals surface area contributed by atoms with Crippen LogP contribution in [0.3, 0.4) is 0 Å². The highest BCUT2D eigenvalue weighted by atomic mass is 16.1. The molecule has 1 rings (SSSR count). The maximum atomic E-state index is 11.9. The molecule has 0 amide bonds. The van der Waals surface area contributed by atoms with E-state index in [-0.39, 0.29) is 11.1 Å². The van der Waals surface area contributed by atoms with E-state index in [1.165, 1.54) is 0 Å². The highest BCUT2D eigenvalue weighted by molar-refractivity contribution is 5.31. The van der Waals surface area contributed by atoms with Crippen LogP contribution in [0.2, 0.25) is 0 Å². The Balaban J connectivity index is 2.80. The molecule has 96 valence electrons. The van der Waals surface area contributed by atoms with Crippen LogP contribution in [0.5, 0.6) is 0 Å². The average Bonchev–Trinajstić information content (AvgIpc) is 2.27. The van der Waals surface area contributed by atoms with Crippen molar-refractivity contribution < 1.29 is 0 Å². The lowest BCUT2D eigenvalue weighted by molar-refractivity contribution is 0.210. The Morgan fingerprint density at radius 3 is 2.65 bits per heavy atom. The van der Waals surface area contributed by atoms with Gasteiger partial charge < -0.3 is 14.8 Å². The molecular formula is C12H22N4O. The van der Waals surface area contributed by atoms with Crippen molar-refractivity contribution in [2.75, 3.05) is 26.0 Å². The molecule has 0 aromatic carbocycles. The zero-order valence-corrected chi connectivity index (χ0v) is 11.3. The van der Waals surface area contributed by atoms with Crippen LogP contribution >= 0.6 is 0 Å². The number of nitrogens with zero attached hydrogens (tertiary/aromatic N) is 3. The summed E-state index contributed by atoms with van der Waals surface area (Å²) >= 11 is 0. The van der Waals surface area contributed by atoms with Crippen molar-refractivity contribution in [3.63, 3.8) is 0 Å². The lowest BCUT2D eigenvalue weighted by Gasteiger charge is -2.32. The second-order valence-electron chi connectivity index (χ2n) is 4.93. The molecule has 1 aromatic heterocycles. The normalized spacial score (nSPS) is 11.9. The fourth-order valence-corrected chi connectivity index (χ4v) is 1.28. The minimum absolute atomic E-state index is 0.0268. The van der Waals surface area contributed by atoms with Crippen LogP contribution in [0, 0.1) is 0 Å². The van der Waals surface area contributed by atoms with E-state index in [2.05, 4.69) is 29.0 Å². The van der Waals surface area contributed by atoms with Crippen molar-refractivity contribution in [1.29, 1.82) is 0 Å². The summed E-state index contributed by atoms with van der Waals surface area (Å²) in [6.07, 6.45) is 3.35. The van der Waals surface area contributed by atoms with E-state index in [1.54, 1.807) is 17.0 Å². The summed E-state index contributed by atoms with van der Waals surface area (Å²) in [5.74, 6) is 0.421. The minimum Gasteiger partial charge on any atom is -0.364 e. The zero-order valence-electron chi connectivity index (χ0n) is 11.3. The van der Waals surface area contributed by atoms with Gasteiger partial charge in [-0.2, -0.15) is 0 Å². The largest absolute Gasteiger partial charge is 0.364 e. The van der Waals surface area contributed by atoms with Gasteiger partial charge in [0.25, 0.3) is 5.56 Å². The molecule has 1 aromatic rings. The van der Waals surface area contributed by atoms with Gasteiger partial charge in [0, 0.05) is 31.0 Å². The zero-order chi connectivity index (χ0) is 13.1. The summed E-state index contributed by atoms with van der Waals surface area (Å²) in [7, 11) is 4.04. The lowest BCUT2D eigenvalue weighted by atomic mass is 10.0. The average molecular weight is 238 g/mol. The Labute approximate surface area is 102 Å². The molecule has 0 aliphatic rings. The van der Waals surface area contributed by atoms with Crippen LogP contribution in [0.15, 0.2) is 17.2 Å². The molecule has 5 heteroatoms. The molecule has 0 saturated carbocycles. The van der Waals surface area contributed by atoms with Crippen molar-refractivity contribution in [2.24, 2.45) is 0 Å². The second-order valence-corrected chi connectivity index (χ2v) is 4.93. The van der Waals surface area contributed by atoms with E-state index in [9.17, 15) is 4.79 Å². The van der Waals surface area contributed by atoms with Crippen LogP contribution in [0.4, 0.5) is 5.82 Å². The molecule has 0 aliphatic carbocycles. The van der Waals surface area contributed by atoms with Gasteiger partial charge in [0.2, 0.25) is 0 Å². The van der Waals surface area contributed by atoms with E-state index in [4.69, 9.17) is 0 Å². The second kappa shape index (κ2) is 5.31. The quantitative estimate of drug-likeness (QED) is 0.832. The minimum atomic E-state index is -0.0652. The standard InChI is InChI=1S/C12H22N4O/c1-6-16-8-7-13-10(11(16)17)14-9-12(2,3)15(4)5/h7-8H,6,9H2,1-5H3,(H,13,14). The van der Waals surface area contributed by atoms with Crippen molar-refractivity contribution in [3.8, 4) is 0 Å². The van der Waals surface area contributed by atoms with E-state index in [0.717, 1.165) is 0 Å². The Morgan fingerprint density at radius 2 is 2.12 bits per heavy atom. The monoisotopic (exact) mass is 238 g/mol. The van der Waals surface area contributed by atoms with Gasteiger partial charge >= 0.3 is 0 Å². The van der Waals surface area contributed by atoms with Crippen LogP contribution in [0.25, 0.3) is 0 Å². The summed E-state index contributed by atoms with van der Waals surface area (Å²) < 4.78 is 1.64. The molecule has 1 N–H and O–H groups in total. The van der Waals surface area contributed by atoms with E-state index >= 15 is 0 Å². The lowest BCUT2D eigenvalue weighted by Crippen LogP contribution is -2.45. The predicted octanol–water partition coefficient (Wildman–Crippen LogP) is 1.02. The Morgan fingerprint density at radius 1 is 1.47 bits per heavy atom. The van der Waals surface area contributed by atoms with Crippen molar-refractivity contribution >= 4 is 5.82 Å². The van der Waals surface area contributed by atoms with Crippen LogP contribution < -0.4 is 10.9 Å². The topological polar surface area (TPSA) is 50.2 Å². The summed E-state index contributed by atoms with van der Waals surface area (Å²) in [5.41, 5.74) is -0.0920. The smallest absolute Gasteiger partial charge is 0.293 e. The third kappa shape index (κ3) is 3.30. The molecule has 0 radical (unpaired) electrons. The summed E-state index contributed by atoms with van der Waals surface area (Å²) in [4.78, 5) is 18.1. The third-order valence-corrected chi connectivity index (χ3v) is 3.15. The first-order chi connectivity index (χ1) is 7.88. The fourth-order valence-electron chi connectivity index (χ4n) is 1.28.